The number of thiophene rings is 1. The van der Waals surface area contributed by atoms with Gasteiger partial charge in [-0.15, -0.1) is 17.9 Å². The Bertz CT molecular complexity index is 1200. The molecule has 2 fully saturated rings. The van der Waals surface area contributed by atoms with Gasteiger partial charge in [0.2, 0.25) is 11.8 Å². The lowest BCUT2D eigenvalue weighted by atomic mass is 10.1. The van der Waals surface area contributed by atoms with Crippen molar-refractivity contribution in [1.82, 2.24) is 25.6 Å². The molecule has 9 nitrogen and oxygen atoms in total. The number of carboxylic acids is 1. The van der Waals surface area contributed by atoms with Crippen molar-refractivity contribution < 1.29 is 19.4 Å². The van der Waals surface area contributed by atoms with Gasteiger partial charge in [0, 0.05) is 25.1 Å². The van der Waals surface area contributed by atoms with Crippen molar-refractivity contribution in [3.05, 3.63) is 48.5 Å². The Morgan fingerprint density at radius 3 is 2.94 bits per heavy atom. The summed E-state index contributed by atoms with van der Waals surface area (Å²) in [5, 5.41) is 18.1. The molecule has 0 radical (unpaired) electrons. The van der Waals surface area contributed by atoms with Gasteiger partial charge in [-0.2, -0.15) is 4.98 Å². The van der Waals surface area contributed by atoms with E-state index in [1.54, 1.807) is 12.3 Å². The number of carboxylic acid groups (broad SMARTS) is 1. The third kappa shape index (κ3) is 3.61. The van der Waals surface area contributed by atoms with Crippen molar-refractivity contribution in [3.63, 3.8) is 0 Å². The summed E-state index contributed by atoms with van der Waals surface area (Å²) in [6.45, 7) is 4.09. The minimum Gasteiger partial charge on any atom is -0.479 e. The number of amides is 1. The molecule has 164 valence electrons. The summed E-state index contributed by atoms with van der Waals surface area (Å²) in [5.74, 6) is -0.718. The molecule has 3 aromatic rings. The molecule has 1 aliphatic carbocycles. The van der Waals surface area contributed by atoms with Crippen LogP contribution >= 0.6 is 11.3 Å². The van der Waals surface area contributed by atoms with Gasteiger partial charge in [-0.1, -0.05) is 12.1 Å². The number of rotatable bonds is 7. The molecule has 1 aliphatic heterocycles. The van der Waals surface area contributed by atoms with Crippen LogP contribution in [0, 0.1) is 5.92 Å². The van der Waals surface area contributed by atoms with Crippen LogP contribution in [-0.4, -0.2) is 56.2 Å². The lowest BCUT2D eigenvalue weighted by Gasteiger charge is -2.18. The molecule has 0 bridgehead atoms. The van der Waals surface area contributed by atoms with Crippen LogP contribution in [0.3, 0.4) is 0 Å². The fraction of sp³-hybridized carbons (Fsp3) is 0.318. The Balaban J connectivity index is 1.31. The van der Waals surface area contributed by atoms with E-state index >= 15 is 0 Å². The maximum atomic E-state index is 12.7. The van der Waals surface area contributed by atoms with Gasteiger partial charge in [0.15, 0.2) is 5.82 Å². The van der Waals surface area contributed by atoms with Gasteiger partial charge in [0.25, 0.3) is 0 Å². The predicted molar refractivity (Wildman–Crippen MR) is 118 cm³/mol. The second-order valence-corrected chi connectivity index (χ2v) is 8.85. The van der Waals surface area contributed by atoms with Crippen LogP contribution in [0.4, 0.5) is 0 Å². The Labute approximate surface area is 187 Å². The SMILES string of the molecule is C=C[C@@H]1C[C@]1(NC(=O)[C@@H]1C[C@@H](Oc2nc(-c3ccccn3)nc3sccc23)CN1)C(=O)O. The summed E-state index contributed by atoms with van der Waals surface area (Å²) in [7, 11) is 0. The van der Waals surface area contributed by atoms with Gasteiger partial charge in [0.05, 0.1) is 11.4 Å². The molecule has 1 saturated carbocycles. The molecule has 0 unspecified atom stereocenters. The second kappa shape index (κ2) is 7.95. The van der Waals surface area contributed by atoms with Crippen molar-refractivity contribution >= 4 is 33.4 Å². The Hall–Kier alpha value is -3.37. The monoisotopic (exact) mass is 451 g/mol. The molecule has 2 aliphatic rings. The highest BCUT2D eigenvalue weighted by Gasteiger charge is 2.60. The van der Waals surface area contributed by atoms with Crippen LogP contribution in [0.2, 0.25) is 0 Å². The highest BCUT2D eigenvalue weighted by molar-refractivity contribution is 7.16. The number of pyridine rings is 1. The summed E-state index contributed by atoms with van der Waals surface area (Å²) in [6.07, 6.45) is 3.72. The zero-order chi connectivity index (χ0) is 22.3. The molecule has 1 amide bonds. The largest absolute Gasteiger partial charge is 0.479 e. The van der Waals surface area contributed by atoms with E-state index in [9.17, 15) is 14.7 Å². The number of nitrogens with zero attached hydrogens (tertiary/aromatic N) is 3. The van der Waals surface area contributed by atoms with Crippen molar-refractivity contribution in [2.75, 3.05) is 6.54 Å². The van der Waals surface area contributed by atoms with Gasteiger partial charge < -0.3 is 20.5 Å². The van der Waals surface area contributed by atoms with Crippen molar-refractivity contribution in [2.24, 2.45) is 5.92 Å². The number of hydrogen-bond donors (Lipinski definition) is 3. The Kier molecular flexibility index (Phi) is 5.10. The first-order chi connectivity index (χ1) is 15.5. The highest BCUT2D eigenvalue weighted by atomic mass is 32.1. The number of fused-ring (bicyclic) bond motifs is 1. The number of aliphatic carboxylic acids is 1. The second-order valence-electron chi connectivity index (χ2n) is 7.96. The van der Waals surface area contributed by atoms with Gasteiger partial charge in [0.1, 0.15) is 22.2 Å². The van der Waals surface area contributed by atoms with Gasteiger partial charge in [-0.25, -0.2) is 9.78 Å². The molecule has 3 N–H and O–H groups in total. The van der Waals surface area contributed by atoms with Crippen molar-refractivity contribution in [1.29, 1.82) is 0 Å². The molecule has 5 rings (SSSR count). The third-order valence-electron chi connectivity index (χ3n) is 5.90. The fourth-order valence-electron chi connectivity index (χ4n) is 4.00. The minimum absolute atomic E-state index is 0.254. The quantitative estimate of drug-likeness (QED) is 0.466. The Morgan fingerprint density at radius 1 is 1.34 bits per heavy atom. The van der Waals surface area contributed by atoms with E-state index < -0.39 is 17.6 Å². The molecule has 4 heterocycles. The first-order valence-electron chi connectivity index (χ1n) is 10.2. The molecular formula is C22H21N5O4S. The van der Waals surface area contributed by atoms with Gasteiger partial charge in [-0.05, 0) is 30.0 Å². The van der Waals surface area contributed by atoms with Crippen molar-refractivity contribution in [3.8, 4) is 17.4 Å². The summed E-state index contributed by atoms with van der Waals surface area (Å²) in [5.41, 5.74) is -0.596. The maximum absolute atomic E-state index is 12.7. The number of hydrogen-bond acceptors (Lipinski definition) is 8. The molecule has 0 spiro atoms. The van der Waals surface area contributed by atoms with E-state index in [1.165, 1.54) is 11.3 Å². The van der Waals surface area contributed by atoms with Crippen LogP contribution < -0.4 is 15.4 Å². The molecule has 10 heteroatoms. The lowest BCUT2D eigenvalue weighted by molar-refractivity contribution is -0.143. The van der Waals surface area contributed by atoms with E-state index in [4.69, 9.17) is 4.74 Å². The van der Waals surface area contributed by atoms with E-state index in [2.05, 4.69) is 32.2 Å². The molecule has 4 atom stereocenters. The van der Waals surface area contributed by atoms with Gasteiger partial charge >= 0.3 is 5.97 Å². The van der Waals surface area contributed by atoms with E-state index in [0.29, 0.717) is 36.8 Å². The maximum Gasteiger partial charge on any atom is 0.330 e. The first-order valence-corrected chi connectivity index (χ1v) is 11.1. The van der Waals surface area contributed by atoms with Crippen LogP contribution in [0.5, 0.6) is 5.88 Å². The first kappa shape index (κ1) is 20.5. The summed E-state index contributed by atoms with van der Waals surface area (Å²) < 4.78 is 6.18. The van der Waals surface area contributed by atoms with Crippen LogP contribution in [-0.2, 0) is 9.59 Å². The molecular weight excluding hydrogens is 430 g/mol. The zero-order valence-corrected chi connectivity index (χ0v) is 17.8. The van der Waals surface area contributed by atoms with E-state index in [-0.39, 0.29) is 17.9 Å². The van der Waals surface area contributed by atoms with Crippen LogP contribution in [0.25, 0.3) is 21.7 Å². The smallest absolute Gasteiger partial charge is 0.330 e. The number of aromatic nitrogens is 3. The predicted octanol–water partition coefficient (Wildman–Crippen LogP) is 2.01. The lowest BCUT2D eigenvalue weighted by Crippen LogP contribution is -2.51. The molecule has 3 aromatic heterocycles. The zero-order valence-electron chi connectivity index (χ0n) is 17.0. The summed E-state index contributed by atoms with van der Waals surface area (Å²) in [6, 6.07) is 6.90. The number of carbonyl (C=O) groups excluding carboxylic acids is 1. The van der Waals surface area contributed by atoms with E-state index in [0.717, 1.165) is 10.2 Å². The number of ether oxygens (including phenoxy) is 1. The van der Waals surface area contributed by atoms with E-state index in [1.807, 2.05) is 29.6 Å². The van der Waals surface area contributed by atoms with Crippen LogP contribution in [0.15, 0.2) is 48.5 Å². The molecule has 0 aromatic carbocycles. The fourth-order valence-corrected chi connectivity index (χ4v) is 4.76. The van der Waals surface area contributed by atoms with Crippen molar-refractivity contribution in [2.45, 2.75) is 30.5 Å². The number of carbonyl (C=O) groups is 2. The topological polar surface area (TPSA) is 126 Å². The summed E-state index contributed by atoms with van der Waals surface area (Å²) >= 11 is 1.49. The van der Waals surface area contributed by atoms with Crippen LogP contribution in [0.1, 0.15) is 12.8 Å². The summed E-state index contributed by atoms with van der Waals surface area (Å²) in [4.78, 5) is 38.6. The molecule has 1 saturated heterocycles. The minimum atomic E-state index is -1.24. The highest BCUT2D eigenvalue weighted by Crippen LogP contribution is 2.44. The standard InChI is InChI=1S/C22H21N5O4S/c1-2-12-10-22(12,21(29)30)27-18(28)16-9-13(11-24-16)31-19-14-6-8-32-20(14)26-17(25-19)15-5-3-4-7-23-15/h2-8,12-13,16,24H,1,9-11H2,(H,27,28)(H,29,30)/t12-,13-,16+,22-/m1/s1. The molecule has 32 heavy (non-hydrogen) atoms. The Morgan fingerprint density at radius 2 is 2.22 bits per heavy atom. The number of nitrogens with one attached hydrogen (secondary N) is 2. The van der Waals surface area contributed by atoms with Gasteiger partial charge in [-0.3, -0.25) is 9.78 Å². The third-order valence-corrected chi connectivity index (χ3v) is 6.70. The average Bonchev–Trinajstić information content (AvgIpc) is 3.12. The normalized spacial score (nSPS) is 26.6. The average molecular weight is 452 g/mol.